The predicted molar refractivity (Wildman–Crippen MR) is 105 cm³/mol. The number of nitrogens with one attached hydrogen (secondary N) is 1. The van der Waals surface area contributed by atoms with E-state index in [1.54, 1.807) is 12.1 Å². The lowest BCUT2D eigenvalue weighted by Gasteiger charge is -2.30. The number of morpholine rings is 1. The van der Waals surface area contributed by atoms with E-state index in [1.807, 2.05) is 30.3 Å². The number of amides is 1. The van der Waals surface area contributed by atoms with Gasteiger partial charge in [-0.25, -0.2) is 0 Å². The maximum atomic E-state index is 12.4. The van der Waals surface area contributed by atoms with E-state index in [2.05, 4.69) is 10.2 Å². The number of halogens is 1. The third kappa shape index (κ3) is 4.18. The molecule has 0 radical (unpaired) electrons. The van der Waals surface area contributed by atoms with Gasteiger partial charge in [0.25, 0.3) is 0 Å². The first-order chi connectivity index (χ1) is 13.2. The molecule has 7 heteroatoms. The minimum Gasteiger partial charge on any atom is -0.454 e. The summed E-state index contributed by atoms with van der Waals surface area (Å²) in [6.45, 7) is 3.11. The van der Waals surface area contributed by atoms with Crippen molar-refractivity contribution in [2.45, 2.75) is 0 Å². The number of benzene rings is 2. The quantitative estimate of drug-likeness (QED) is 0.814. The molecule has 1 amide bonds. The molecule has 0 spiro atoms. The van der Waals surface area contributed by atoms with E-state index < -0.39 is 0 Å². The summed E-state index contributed by atoms with van der Waals surface area (Å²) in [7, 11) is 0. The Labute approximate surface area is 162 Å². The maximum Gasteiger partial charge on any atom is 0.248 e. The molecule has 0 aromatic heterocycles. The van der Waals surface area contributed by atoms with Gasteiger partial charge in [-0.1, -0.05) is 17.7 Å². The normalized spacial score (nSPS) is 16.0. The summed E-state index contributed by atoms with van der Waals surface area (Å²) in [5.41, 5.74) is 2.48. The maximum absolute atomic E-state index is 12.4. The van der Waals surface area contributed by atoms with Crippen molar-refractivity contribution in [2.24, 2.45) is 0 Å². The van der Waals surface area contributed by atoms with Gasteiger partial charge in [0.1, 0.15) is 0 Å². The van der Waals surface area contributed by atoms with Crippen LogP contribution in [-0.2, 0) is 9.53 Å². The highest BCUT2D eigenvalue weighted by Gasteiger charge is 2.16. The summed E-state index contributed by atoms with van der Waals surface area (Å²) in [4.78, 5) is 14.6. The lowest BCUT2D eigenvalue weighted by atomic mass is 10.2. The Morgan fingerprint density at radius 3 is 2.74 bits per heavy atom. The number of nitrogens with zero attached hydrogens (tertiary/aromatic N) is 1. The van der Waals surface area contributed by atoms with Gasteiger partial charge in [-0.2, -0.15) is 0 Å². The summed E-state index contributed by atoms with van der Waals surface area (Å²) in [5, 5.41) is 3.49. The molecule has 0 aliphatic carbocycles. The van der Waals surface area contributed by atoms with Crippen molar-refractivity contribution < 1.29 is 19.0 Å². The fraction of sp³-hybridized carbons (Fsp3) is 0.250. The van der Waals surface area contributed by atoms with Gasteiger partial charge in [0.05, 0.1) is 24.6 Å². The van der Waals surface area contributed by atoms with Crippen LogP contribution >= 0.6 is 11.6 Å². The van der Waals surface area contributed by atoms with Crippen molar-refractivity contribution in [2.75, 3.05) is 43.3 Å². The van der Waals surface area contributed by atoms with Gasteiger partial charge < -0.3 is 24.4 Å². The topological polar surface area (TPSA) is 60.0 Å². The highest BCUT2D eigenvalue weighted by atomic mass is 35.5. The van der Waals surface area contributed by atoms with E-state index in [0.29, 0.717) is 35.4 Å². The van der Waals surface area contributed by atoms with Crippen LogP contribution in [0.3, 0.4) is 0 Å². The number of ether oxygens (including phenoxy) is 3. The lowest BCUT2D eigenvalue weighted by Crippen LogP contribution is -2.36. The zero-order chi connectivity index (χ0) is 18.6. The second-order valence-corrected chi connectivity index (χ2v) is 6.63. The summed E-state index contributed by atoms with van der Waals surface area (Å²) >= 11 is 6.13. The van der Waals surface area contributed by atoms with E-state index in [9.17, 15) is 4.79 Å². The monoisotopic (exact) mass is 386 g/mol. The predicted octanol–water partition coefficient (Wildman–Crippen LogP) is 3.56. The van der Waals surface area contributed by atoms with Crippen molar-refractivity contribution in [1.29, 1.82) is 0 Å². The summed E-state index contributed by atoms with van der Waals surface area (Å²) in [5.74, 6) is 1.16. The molecule has 0 bridgehead atoms. The zero-order valence-electron chi connectivity index (χ0n) is 14.6. The Bertz CT molecular complexity index is 878. The van der Waals surface area contributed by atoms with Gasteiger partial charge in [0.15, 0.2) is 11.5 Å². The van der Waals surface area contributed by atoms with E-state index in [0.717, 1.165) is 24.3 Å². The number of fused-ring (bicyclic) bond motifs is 1. The molecule has 2 heterocycles. The van der Waals surface area contributed by atoms with E-state index in [1.165, 1.54) is 6.08 Å². The number of carbonyl (C=O) groups excluding carboxylic acids is 1. The van der Waals surface area contributed by atoms with Gasteiger partial charge in [0.2, 0.25) is 12.7 Å². The Hall–Kier alpha value is -2.70. The molecule has 1 saturated heterocycles. The molecule has 140 valence electrons. The van der Waals surface area contributed by atoms with Gasteiger partial charge >= 0.3 is 0 Å². The molecule has 2 aliphatic rings. The largest absolute Gasteiger partial charge is 0.454 e. The average Bonchev–Trinajstić information content (AvgIpc) is 3.15. The number of hydrogen-bond acceptors (Lipinski definition) is 5. The van der Waals surface area contributed by atoms with Crippen molar-refractivity contribution in [3.8, 4) is 11.5 Å². The molecule has 2 aliphatic heterocycles. The van der Waals surface area contributed by atoms with Crippen LogP contribution in [0.1, 0.15) is 5.56 Å². The summed E-state index contributed by atoms with van der Waals surface area (Å²) in [6.07, 6.45) is 3.22. The van der Waals surface area contributed by atoms with E-state index in [-0.39, 0.29) is 12.7 Å². The Morgan fingerprint density at radius 1 is 1.07 bits per heavy atom. The molecule has 2 aromatic rings. The van der Waals surface area contributed by atoms with Crippen LogP contribution in [-0.4, -0.2) is 39.0 Å². The second kappa shape index (κ2) is 7.90. The fourth-order valence-electron chi connectivity index (χ4n) is 3.05. The molecule has 27 heavy (non-hydrogen) atoms. The van der Waals surface area contributed by atoms with Crippen LogP contribution in [0.25, 0.3) is 6.08 Å². The van der Waals surface area contributed by atoms with Gasteiger partial charge in [-0.05, 0) is 42.0 Å². The van der Waals surface area contributed by atoms with Gasteiger partial charge in [-0.15, -0.1) is 0 Å². The third-order valence-electron chi connectivity index (χ3n) is 4.39. The van der Waals surface area contributed by atoms with E-state index >= 15 is 0 Å². The molecular weight excluding hydrogens is 368 g/mol. The van der Waals surface area contributed by atoms with Crippen molar-refractivity contribution in [1.82, 2.24) is 0 Å². The summed E-state index contributed by atoms with van der Waals surface area (Å²) < 4.78 is 16.0. The Kier molecular flexibility index (Phi) is 5.18. The number of hydrogen-bond donors (Lipinski definition) is 1. The van der Waals surface area contributed by atoms with Crippen LogP contribution in [0.5, 0.6) is 11.5 Å². The molecule has 6 nitrogen and oxygen atoms in total. The third-order valence-corrected chi connectivity index (χ3v) is 4.63. The Morgan fingerprint density at radius 2 is 1.89 bits per heavy atom. The lowest BCUT2D eigenvalue weighted by molar-refractivity contribution is -0.111. The molecule has 2 aromatic carbocycles. The second-order valence-electron chi connectivity index (χ2n) is 6.20. The van der Waals surface area contributed by atoms with Crippen LogP contribution in [0.2, 0.25) is 5.02 Å². The van der Waals surface area contributed by atoms with Crippen LogP contribution in [0, 0.1) is 0 Å². The Balaban J connectivity index is 1.48. The van der Waals surface area contributed by atoms with Crippen LogP contribution in [0.4, 0.5) is 11.4 Å². The molecule has 1 N–H and O–H groups in total. The highest BCUT2D eigenvalue weighted by molar-refractivity contribution is 6.31. The standard InChI is InChI=1S/C20H19ClN2O4/c21-15-3-4-17(23-7-9-25-10-8-23)16(12-15)22-20(24)6-2-14-1-5-18-19(11-14)27-13-26-18/h1-6,11-12H,7-10,13H2,(H,22,24). The first kappa shape index (κ1) is 17.7. The van der Waals surface area contributed by atoms with Crippen molar-refractivity contribution >= 4 is 35.0 Å². The first-order valence-corrected chi connectivity index (χ1v) is 9.08. The smallest absolute Gasteiger partial charge is 0.248 e. The highest BCUT2D eigenvalue weighted by Crippen LogP contribution is 2.33. The molecule has 0 atom stereocenters. The van der Waals surface area contributed by atoms with Crippen molar-refractivity contribution in [3.63, 3.8) is 0 Å². The fourth-order valence-corrected chi connectivity index (χ4v) is 3.22. The summed E-state index contributed by atoms with van der Waals surface area (Å²) in [6, 6.07) is 11.0. The number of rotatable bonds is 4. The SMILES string of the molecule is O=C(C=Cc1ccc2c(c1)OCO2)Nc1cc(Cl)ccc1N1CCOCC1. The molecule has 0 saturated carbocycles. The van der Waals surface area contributed by atoms with Crippen molar-refractivity contribution in [3.05, 3.63) is 53.1 Å². The first-order valence-electron chi connectivity index (χ1n) is 8.70. The number of carbonyl (C=O) groups is 1. The zero-order valence-corrected chi connectivity index (χ0v) is 15.4. The molecule has 4 rings (SSSR count). The molecular formula is C20H19ClN2O4. The van der Waals surface area contributed by atoms with Gasteiger partial charge in [0, 0.05) is 24.2 Å². The van der Waals surface area contributed by atoms with Gasteiger partial charge in [-0.3, -0.25) is 4.79 Å². The van der Waals surface area contributed by atoms with Crippen LogP contribution < -0.4 is 19.7 Å². The molecule has 0 unspecified atom stereocenters. The van der Waals surface area contributed by atoms with Crippen LogP contribution in [0.15, 0.2) is 42.5 Å². The minimum atomic E-state index is -0.232. The molecule has 1 fully saturated rings. The average molecular weight is 387 g/mol. The minimum absolute atomic E-state index is 0.224. The van der Waals surface area contributed by atoms with E-state index in [4.69, 9.17) is 25.8 Å². The number of anilines is 2.